The molecule has 2 fully saturated rings. The zero-order valence-corrected chi connectivity index (χ0v) is 17.4. The minimum absolute atomic E-state index is 0.0425. The molecule has 4 rings (SSSR count). The molecule has 0 unspecified atom stereocenters. The molecule has 0 aromatic carbocycles. The van der Waals surface area contributed by atoms with Crippen molar-refractivity contribution in [3.05, 3.63) is 18.0 Å². The first kappa shape index (κ1) is 19.7. The number of hydrogen-bond acceptors (Lipinski definition) is 5. The minimum atomic E-state index is -0.108. The number of amides is 2. The summed E-state index contributed by atoms with van der Waals surface area (Å²) in [6, 6.07) is 3.84. The van der Waals surface area contributed by atoms with Crippen molar-refractivity contribution >= 4 is 28.8 Å². The molecule has 0 radical (unpaired) electrons. The number of H-pyrrole nitrogens is 1. The predicted molar refractivity (Wildman–Crippen MR) is 112 cm³/mol. The summed E-state index contributed by atoms with van der Waals surface area (Å²) in [7, 11) is 0. The number of hydrogen-bond donors (Lipinski definition) is 1. The van der Waals surface area contributed by atoms with E-state index in [2.05, 4.69) is 14.9 Å². The predicted octanol–water partition coefficient (Wildman–Crippen LogP) is 2.28. The lowest BCUT2D eigenvalue weighted by molar-refractivity contribution is -0.134. The Kier molecular flexibility index (Phi) is 5.69. The van der Waals surface area contributed by atoms with Gasteiger partial charge in [-0.2, -0.15) is 0 Å². The van der Waals surface area contributed by atoms with Crippen LogP contribution in [0.4, 0.5) is 5.82 Å². The summed E-state index contributed by atoms with van der Waals surface area (Å²) < 4.78 is 0. The van der Waals surface area contributed by atoms with Crippen LogP contribution in [0.5, 0.6) is 0 Å². The second kappa shape index (κ2) is 8.39. The van der Waals surface area contributed by atoms with E-state index in [1.54, 1.807) is 4.90 Å². The van der Waals surface area contributed by atoms with Crippen LogP contribution in [-0.4, -0.2) is 75.8 Å². The molecule has 1 atom stereocenters. The zero-order chi connectivity index (χ0) is 20.4. The molecule has 4 heterocycles. The van der Waals surface area contributed by atoms with Crippen molar-refractivity contribution in [1.29, 1.82) is 0 Å². The van der Waals surface area contributed by atoms with Gasteiger partial charge in [-0.25, -0.2) is 9.97 Å². The van der Waals surface area contributed by atoms with E-state index in [1.807, 2.05) is 30.9 Å². The SMILES string of the molecule is CCN(CC)C(=O)c1nc2ccc(N3CCC[C@@H](C(=O)N4CCCC4)C3)nc2[nH]1. The van der Waals surface area contributed by atoms with Crippen molar-refractivity contribution < 1.29 is 9.59 Å². The Hall–Kier alpha value is -2.64. The number of aromatic nitrogens is 3. The van der Waals surface area contributed by atoms with Crippen molar-refractivity contribution in [1.82, 2.24) is 24.8 Å². The number of likely N-dealkylation sites (tertiary alicyclic amines) is 1. The van der Waals surface area contributed by atoms with E-state index in [4.69, 9.17) is 4.98 Å². The van der Waals surface area contributed by atoms with Crippen LogP contribution in [0.1, 0.15) is 50.1 Å². The Morgan fingerprint density at radius 3 is 2.59 bits per heavy atom. The van der Waals surface area contributed by atoms with E-state index in [-0.39, 0.29) is 11.8 Å². The van der Waals surface area contributed by atoms with E-state index in [0.717, 1.165) is 51.1 Å². The lowest BCUT2D eigenvalue weighted by atomic mass is 9.96. The van der Waals surface area contributed by atoms with E-state index < -0.39 is 0 Å². The molecule has 8 heteroatoms. The summed E-state index contributed by atoms with van der Waals surface area (Å²) in [5.41, 5.74) is 1.30. The van der Waals surface area contributed by atoms with Crippen LogP contribution in [0.2, 0.25) is 0 Å². The molecular formula is C21H30N6O2. The third kappa shape index (κ3) is 3.93. The molecule has 29 heavy (non-hydrogen) atoms. The number of anilines is 1. The van der Waals surface area contributed by atoms with Crippen molar-refractivity contribution in [2.24, 2.45) is 5.92 Å². The van der Waals surface area contributed by atoms with Crippen LogP contribution >= 0.6 is 0 Å². The van der Waals surface area contributed by atoms with Gasteiger partial charge in [0.05, 0.1) is 5.92 Å². The second-order valence-corrected chi connectivity index (χ2v) is 7.92. The highest BCUT2D eigenvalue weighted by Crippen LogP contribution is 2.26. The lowest BCUT2D eigenvalue weighted by Gasteiger charge is -2.34. The number of fused-ring (bicyclic) bond motifs is 1. The first-order chi connectivity index (χ1) is 14.1. The second-order valence-electron chi connectivity index (χ2n) is 7.92. The highest BCUT2D eigenvalue weighted by molar-refractivity contribution is 5.93. The molecular weight excluding hydrogens is 368 g/mol. The Balaban J connectivity index is 1.51. The molecule has 2 aliphatic heterocycles. The first-order valence-electron chi connectivity index (χ1n) is 10.8. The van der Waals surface area contributed by atoms with Crippen molar-refractivity contribution in [3.8, 4) is 0 Å². The molecule has 2 aromatic rings. The average molecular weight is 399 g/mol. The fourth-order valence-corrected chi connectivity index (χ4v) is 4.40. The Labute approximate surface area is 171 Å². The minimum Gasteiger partial charge on any atom is -0.356 e. The van der Waals surface area contributed by atoms with Gasteiger partial charge in [0, 0.05) is 39.3 Å². The van der Waals surface area contributed by atoms with Crippen LogP contribution in [0.15, 0.2) is 12.1 Å². The van der Waals surface area contributed by atoms with Crippen molar-refractivity contribution in [2.45, 2.75) is 39.5 Å². The van der Waals surface area contributed by atoms with Crippen LogP contribution in [0.3, 0.4) is 0 Å². The van der Waals surface area contributed by atoms with Crippen LogP contribution in [-0.2, 0) is 4.79 Å². The maximum Gasteiger partial charge on any atom is 0.289 e. The lowest BCUT2D eigenvalue weighted by Crippen LogP contribution is -2.44. The normalized spacial score (nSPS) is 19.7. The van der Waals surface area contributed by atoms with Gasteiger partial charge < -0.3 is 19.7 Å². The summed E-state index contributed by atoms with van der Waals surface area (Å²) in [4.78, 5) is 43.5. The highest BCUT2D eigenvalue weighted by Gasteiger charge is 2.31. The molecule has 2 amide bonds. The standard InChI is InChI=1S/C21H30N6O2/c1-3-25(4-2)21(29)19-22-16-9-10-17(23-18(16)24-19)27-13-7-8-15(14-27)20(28)26-11-5-6-12-26/h9-10,15H,3-8,11-14H2,1-2H3,(H,22,23,24)/t15-/m1/s1. The summed E-state index contributed by atoms with van der Waals surface area (Å²) in [6.07, 6.45) is 4.17. The molecule has 2 aliphatic rings. The summed E-state index contributed by atoms with van der Waals surface area (Å²) >= 11 is 0. The molecule has 0 bridgehead atoms. The number of piperidine rings is 1. The third-order valence-electron chi connectivity index (χ3n) is 6.09. The van der Waals surface area contributed by atoms with Gasteiger partial charge in [-0.15, -0.1) is 0 Å². The van der Waals surface area contributed by atoms with Gasteiger partial charge in [0.2, 0.25) is 5.91 Å². The van der Waals surface area contributed by atoms with Gasteiger partial charge in [-0.05, 0) is 51.7 Å². The fourth-order valence-electron chi connectivity index (χ4n) is 4.40. The van der Waals surface area contributed by atoms with Gasteiger partial charge in [-0.1, -0.05) is 0 Å². The maximum atomic E-state index is 12.8. The molecule has 0 spiro atoms. The molecule has 2 aromatic heterocycles. The topological polar surface area (TPSA) is 85.4 Å². The number of carbonyl (C=O) groups is 2. The van der Waals surface area contributed by atoms with Gasteiger partial charge in [0.1, 0.15) is 11.3 Å². The van der Waals surface area contributed by atoms with Crippen LogP contribution in [0, 0.1) is 5.92 Å². The summed E-state index contributed by atoms with van der Waals surface area (Å²) in [6.45, 7) is 8.59. The molecule has 0 saturated carbocycles. The quantitative estimate of drug-likeness (QED) is 0.835. The largest absolute Gasteiger partial charge is 0.356 e. The smallest absolute Gasteiger partial charge is 0.289 e. The monoisotopic (exact) mass is 398 g/mol. The van der Waals surface area contributed by atoms with E-state index in [1.165, 1.54) is 0 Å². The van der Waals surface area contributed by atoms with Gasteiger partial charge in [-0.3, -0.25) is 9.59 Å². The van der Waals surface area contributed by atoms with Crippen molar-refractivity contribution in [2.75, 3.05) is 44.2 Å². The summed E-state index contributed by atoms with van der Waals surface area (Å²) in [5, 5.41) is 0. The Morgan fingerprint density at radius 2 is 1.86 bits per heavy atom. The van der Waals surface area contributed by atoms with E-state index in [9.17, 15) is 9.59 Å². The number of nitrogens with one attached hydrogen (secondary N) is 1. The van der Waals surface area contributed by atoms with Gasteiger partial charge in [0.15, 0.2) is 11.5 Å². The molecule has 1 N–H and O–H groups in total. The number of carbonyl (C=O) groups excluding carboxylic acids is 2. The summed E-state index contributed by atoms with van der Waals surface area (Å²) in [5.74, 6) is 1.39. The van der Waals surface area contributed by atoms with Crippen molar-refractivity contribution in [3.63, 3.8) is 0 Å². The van der Waals surface area contributed by atoms with Gasteiger partial charge >= 0.3 is 0 Å². The first-order valence-corrected chi connectivity index (χ1v) is 10.8. The molecule has 8 nitrogen and oxygen atoms in total. The van der Waals surface area contributed by atoms with E-state index in [0.29, 0.717) is 42.5 Å². The fraction of sp³-hybridized carbons (Fsp3) is 0.619. The van der Waals surface area contributed by atoms with E-state index >= 15 is 0 Å². The Bertz CT molecular complexity index is 884. The number of rotatable bonds is 5. The zero-order valence-electron chi connectivity index (χ0n) is 17.4. The number of imidazole rings is 1. The highest BCUT2D eigenvalue weighted by atomic mass is 16.2. The number of aromatic amines is 1. The average Bonchev–Trinajstić information content (AvgIpc) is 3.43. The maximum absolute atomic E-state index is 12.8. The molecule has 2 saturated heterocycles. The van der Waals surface area contributed by atoms with Gasteiger partial charge in [0.25, 0.3) is 5.91 Å². The van der Waals surface area contributed by atoms with Crippen LogP contribution < -0.4 is 4.90 Å². The number of nitrogens with zero attached hydrogens (tertiary/aromatic N) is 5. The number of pyridine rings is 1. The van der Waals surface area contributed by atoms with Crippen LogP contribution in [0.25, 0.3) is 11.2 Å². The molecule has 0 aliphatic carbocycles. The molecule has 156 valence electrons. The Morgan fingerprint density at radius 1 is 1.10 bits per heavy atom. The third-order valence-corrected chi connectivity index (χ3v) is 6.09.